The van der Waals surface area contributed by atoms with Crippen molar-refractivity contribution in [3.8, 4) is 5.75 Å². The maximum absolute atomic E-state index is 5.24. The summed E-state index contributed by atoms with van der Waals surface area (Å²) in [4.78, 5) is 1.32. The Morgan fingerprint density at radius 2 is 1.85 bits per heavy atom. The summed E-state index contributed by atoms with van der Waals surface area (Å²) in [5, 5.41) is 2.35. The van der Waals surface area contributed by atoms with E-state index >= 15 is 0 Å². The van der Waals surface area contributed by atoms with Gasteiger partial charge in [0, 0.05) is 16.9 Å². The average molecular weight is 288 g/mol. The molecule has 0 atom stereocenters. The van der Waals surface area contributed by atoms with Gasteiger partial charge in [-0.1, -0.05) is 24.3 Å². The molecule has 0 aliphatic rings. The molecule has 0 saturated carbocycles. The lowest BCUT2D eigenvalue weighted by Crippen LogP contribution is -2.83. The highest BCUT2D eigenvalue weighted by Gasteiger charge is 1.99. The molecule has 2 aromatic carbocycles. The molecule has 0 bridgehead atoms. The Morgan fingerprint density at radius 3 is 2.55 bits per heavy atom. The quantitative estimate of drug-likeness (QED) is 0.626. The minimum absolute atomic E-state index is 0.940. The van der Waals surface area contributed by atoms with Crippen LogP contribution in [0.25, 0.3) is 0 Å². The fourth-order valence-electron chi connectivity index (χ4n) is 2.13. The third-order valence-corrected chi connectivity index (χ3v) is 4.05. The van der Waals surface area contributed by atoms with Crippen molar-refractivity contribution in [2.75, 3.05) is 19.9 Å². The summed E-state index contributed by atoms with van der Waals surface area (Å²) in [6.07, 6.45) is 3.18. The Hall–Kier alpha value is -1.45. The summed E-state index contributed by atoms with van der Waals surface area (Å²) in [6, 6.07) is 17.1. The Labute approximate surface area is 125 Å². The van der Waals surface area contributed by atoms with E-state index in [1.807, 2.05) is 6.07 Å². The first-order chi connectivity index (χ1) is 9.81. The van der Waals surface area contributed by atoms with Gasteiger partial charge in [-0.15, -0.1) is 11.8 Å². The lowest BCUT2D eigenvalue weighted by atomic mass is 10.1. The molecule has 0 radical (unpaired) electrons. The molecule has 0 heterocycles. The molecular formula is C17H22NOS+. The van der Waals surface area contributed by atoms with Crippen molar-refractivity contribution in [3.05, 3.63) is 59.7 Å². The van der Waals surface area contributed by atoms with Gasteiger partial charge in [0.05, 0.1) is 13.7 Å². The highest BCUT2D eigenvalue weighted by atomic mass is 32.2. The van der Waals surface area contributed by atoms with Crippen LogP contribution in [0, 0.1) is 0 Å². The molecule has 0 aromatic heterocycles. The predicted octanol–water partition coefficient (Wildman–Crippen LogP) is 2.72. The van der Waals surface area contributed by atoms with Crippen LogP contribution in [0.2, 0.25) is 0 Å². The van der Waals surface area contributed by atoms with Gasteiger partial charge in [0.15, 0.2) is 0 Å². The second-order valence-electron chi connectivity index (χ2n) is 4.73. The Morgan fingerprint density at radius 1 is 1.05 bits per heavy atom. The monoisotopic (exact) mass is 288 g/mol. The third kappa shape index (κ3) is 4.58. The zero-order valence-electron chi connectivity index (χ0n) is 12.1. The molecule has 106 valence electrons. The van der Waals surface area contributed by atoms with Gasteiger partial charge in [0.2, 0.25) is 0 Å². The van der Waals surface area contributed by atoms with Crippen molar-refractivity contribution >= 4 is 11.8 Å². The van der Waals surface area contributed by atoms with E-state index < -0.39 is 0 Å². The van der Waals surface area contributed by atoms with Crippen LogP contribution in [-0.2, 0) is 13.0 Å². The van der Waals surface area contributed by atoms with Crippen LogP contribution in [-0.4, -0.2) is 19.9 Å². The van der Waals surface area contributed by atoms with E-state index in [-0.39, 0.29) is 0 Å². The number of hydrogen-bond acceptors (Lipinski definition) is 2. The van der Waals surface area contributed by atoms with Crippen LogP contribution in [0.5, 0.6) is 5.75 Å². The van der Waals surface area contributed by atoms with Gasteiger partial charge in [0.1, 0.15) is 12.3 Å². The van der Waals surface area contributed by atoms with Gasteiger partial charge in [-0.25, -0.2) is 0 Å². The molecule has 0 amide bonds. The summed E-state index contributed by atoms with van der Waals surface area (Å²) in [6.45, 7) is 2.13. The van der Waals surface area contributed by atoms with E-state index in [9.17, 15) is 0 Å². The number of nitrogens with two attached hydrogens (primary N) is 1. The second-order valence-corrected chi connectivity index (χ2v) is 5.61. The molecule has 0 unspecified atom stereocenters. The highest BCUT2D eigenvalue weighted by molar-refractivity contribution is 7.98. The molecule has 3 heteroatoms. The van der Waals surface area contributed by atoms with Crippen molar-refractivity contribution < 1.29 is 10.1 Å². The molecule has 2 aromatic rings. The maximum atomic E-state index is 5.24. The van der Waals surface area contributed by atoms with Crippen LogP contribution in [0.1, 0.15) is 11.1 Å². The number of methoxy groups -OCH3 is 1. The second kappa shape index (κ2) is 7.98. The van der Waals surface area contributed by atoms with E-state index in [1.54, 1.807) is 18.9 Å². The van der Waals surface area contributed by atoms with Crippen LogP contribution in [0.15, 0.2) is 53.4 Å². The summed E-state index contributed by atoms with van der Waals surface area (Å²) < 4.78 is 5.24. The van der Waals surface area contributed by atoms with Gasteiger partial charge in [-0.3, -0.25) is 0 Å². The fraction of sp³-hybridized carbons (Fsp3) is 0.294. The Balaban J connectivity index is 1.75. The number of quaternary nitrogens is 1. The molecule has 2 nitrogen and oxygen atoms in total. The molecule has 20 heavy (non-hydrogen) atoms. The summed E-state index contributed by atoms with van der Waals surface area (Å²) >= 11 is 1.78. The maximum Gasteiger partial charge on any atom is 0.119 e. The zero-order valence-corrected chi connectivity index (χ0v) is 13.0. The van der Waals surface area contributed by atoms with Crippen molar-refractivity contribution in [3.63, 3.8) is 0 Å². The molecule has 2 N–H and O–H groups in total. The summed E-state index contributed by atoms with van der Waals surface area (Å²) in [5.74, 6) is 0.940. The molecule has 0 spiro atoms. The molecule has 2 rings (SSSR count). The van der Waals surface area contributed by atoms with Crippen LogP contribution in [0.3, 0.4) is 0 Å². The first-order valence-corrected chi connectivity index (χ1v) is 8.12. The minimum atomic E-state index is 0.940. The van der Waals surface area contributed by atoms with Crippen molar-refractivity contribution in [1.82, 2.24) is 0 Å². The smallest absolute Gasteiger partial charge is 0.119 e. The first kappa shape index (κ1) is 14.9. The van der Waals surface area contributed by atoms with Crippen molar-refractivity contribution in [2.45, 2.75) is 17.9 Å². The van der Waals surface area contributed by atoms with Gasteiger partial charge in [-0.2, -0.15) is 0 Å². The van der Waals surface area contributed by atoms with Gasteiger partial charge in [0.25, 0.3) is 0 Å². The van der Waals surface area contributed by atoms with Crippen molar-refractivity contribution in [1.29, 1.82) is 0 Å². The first-order valence-electron chi connectivity index (χ1n) is 6.89. The molecule has 0 aliphatic heterocycles. The lowest BCUT2D eigenvalue weighted by molar-refractivity contribution is -0.670. The molecular weight excluding hydrogens is 266 g/mol. The van der Waals surface area contributed by atoms with E-state index in [4.69, 9.17) is 4.74 Å². The highest BCUT2D eigenvalue weighted by Crippen LogP contribution is 2.14. The molecule has 0 fully saturated rings. The SMILES string of the molecule is COc1cccc(CC[NH2+]Cc2ccc(SC)cc2)c1. The lowest BCUT2D eigenvalue weighted by Gasteiger charge is -2.05. The van der Waals surface area contributed by atoms with Gasteiger partial charge in [-0.05, 0) is 36.1 Å². The van der Waals surface area contributed by atoms with Crippen LogP contribution >= 0.6 is 11.8 Å². The van der Waals surface area contributed by atoms with Gasteiger partial charge >= 0.3 is 0 Å². The normalized spacial score (nSPS) is 10.5. The third-order valence-electron chi connectivity index (χ3n) is 3.31. The van der Waals surface area contributed by atoms with Crippen LogP contribution < -0.4 is 10.1 Å². The van der Waals surface area contributed by atoms with E-state index in [2.05, 4.69) is 54.0 Å². The average Bonchev–Trinajstić information content (AvgIpc) is 2.52. The molecule has 0 saturated heterocycles. The minimum Gasteiger partial charge on any atom is -0.497 e. The number of hydrogen-bond donors (Lipinski definition) is 1. The Bertz CT molecular complexity index is 525. The number of thioether (sulfide) groups is 1. The van der Waals surface area contributed by atoms with Crippen LogP contribution in [0.4, 0.5) is 0 Å². The predicted molar refractivity (Wildman–Crippen MR) is 85.4 cm³/mol. The number of benzene rings is 2. The number of ether oxygens (including phenoxy) is 1. The summed E-state index contributed by atoms with van der Waals surface area (Å²) in [5.41, 5.74) is 2.71. The topological polar surface area (TPSA) is 25.8 Å². The van der Waals surface area contributed by atoms with E-state index in [0.29, 0.717) is 0 Å². The van der Waals surface area contributed by atoms with Crippen molar-refractivity contribution in [2.24, 2.45) is 0 Å². The molecule has 0 aliphatic carbocycles. The Kier molecular flexibility index (Phi) is 5.96. The largest absolute Gasteiger partial charge is 0.497 e. The van der Waals surface area contributed by atoms with E-state index in [0.717, 1.165) is 25.3 Å². The van der Waals surface area contributed by atoms with Gasteiger partial charge < -0.3 is 10.1 Å². The zero-order chi connectivity index (χ0) is 14.2. The standard InChI is InChI=1S/C17H21NOS/c1-19-16-5-3-4-14(12-16)10-11-18-13-15-6-8-17(20-2)9-7-15/h3-9,12,18H,10-11,13H2,1-2H3/p+1. The summed E-state index contributed by atoms with van der Waals surface area (Å²) in [7, 11) is 1.71. The number of rotatable bonds is 7. The fourth-order valence-corrected chi connectivity index (χ4v) is 2.54. The van der Waals surface area contributed by atoms with E-state index in [1.165, 1.54) is 16.0 Å².